The minimum absolute atomic E-state index is 0.0617. The van der Waals surface area contributed by atoms with E-state index in [4.69, 9.17) is 0 Å². The second-order valence-electron chi connectivity index (χ2n) is 8.97. The Labute approximate surface area is 123 Å². The van der Waals surface area contributed by atoms with Gasteiger partial charge in [-0.3, -0.25) is 0 Å². The van der Waals surface area contributed by atoms with Gasteiger partial charge in [-0.2, -0.15) is 0 Å². The van der Waals surface area contributed by atoms with Crippen molar-refractivity contribution in [3.63, 3.8) is 0 Å². The number of β-amino-alcohol motifs (C(OH)–C–C–N with tert-alkyl or cyclic N) is 1. The van der Waals surface area contributed by atoms with Crippen molar-refractivity contribution < 1.29 is 5.11 Å². The summed E-state index contributed by atoms with van der Waals surface area (Å²) in [6, 6.07) is 0. The van der Waals surface area contributed by atoms with E-state index >= 15 is 0 Å². The van der Waals surface area contributed by atoms with Crippen LogP contribution >= 0.6 is 0 Å². The maximum Gasteiger partial charge on any atom is 0.0723 e. The van der Waals surface area contributed by atoms with Crippen LogP contribution in [-0.2, 0) is 0 Å². The summed E-state index contributed by atoms with van der Waals surface area (Å²) in [5, 5.41) is 11.0. The Bertz CT molecular complexity index is 334. The van der Waals surface area contributed by atoms with Gasteiger partial charge >= 0.3 is 0 Å². The predicted molar refractivity (Wildman–Crippen MR) is 81.4 cm³/mol. The lowest BCUT2D eigenvalue weighted by Gasteiger charge is -2.58. The van der Waals surface area contributed by atoms with Crippen LogP contribution in [0.5, 0.6) is 0 Å². The number of rotatable bonds is 3. The van der Waals surface area contributed by atoms with E-state index in [0.29, 0.717) is 5.41 Å². The van der Waals surface area contributed by atoms with Crippen molar-refractivity contribution in [3.8, 4) is 0 Å². The van der Waals surface area contributed by atoms with Gasteiger partial charge in [-0.25, -0.2) is 0 Å². The fraction of sp³-hybridized carbons (Fsp3) is 1.00. The van der Waals surface area contributed by atoms with E-state index in [0.717, 1.165) is 36.1 Å². The van der Waals surface area contributed by atoms with Gasteiger partial charge in [0.2, 0.25) is 0 Å². The quantitative estimate of drug-likeness (QED) is 0.856. The van der Waals surface area contributed by atoms with Crippen molar-refractivity contribution in [2.24, 2.45) is 35.0 Å². The fourth-order valence-electron chi connectivity index (χ4n) is 6.42. The van der Waals surface area contributed by atoms with E-state index in [9.17, 15) is 5.11 Å². The Balaban J connectivity index is 1.44. The molecule has 5 fully saturated rings. The number of likely N-dealkylation sites (tertiary alicyclic amines) is 1. The SMILES string of the molecule is CC1CN(CC(O)C23CC4CC(CC(C4)C2)C3)CC1C. The third kappa shape index (κ3) is 2.14. The first-order valence-electron chi connectivity index (χ1n) is 8.94. The predicted octanol–water partition coefficient (Wildman–Crippen LogP) is 3.15. The highest BCUT2D eigenvalue weighted by Crippen LogP contribution is 2.61. The van der Waals surface area contributed by atoms with Crippen LogP contribution in [-0.4, -0.2) is 35.7 Å². The van der Waals surface area contributed by atoms with Gasteiger partial charge in [-0.05, 0) is 73.5 Å². The van der Waals surface area contributed by atoms with E-state index in [1.807, 2.05) is 0 Å². The highest BCUT2D eigenvalue weighted by molar-refractivity contribution is 5.05. The molecule has 114 valence electrons. The van der Waals surface area contributed by atoms with Crippen molar-refractivity contribution in [1.29, 1.82) is 0 Å². The molecule has 2 heteroatoms. The van der Waals surface area contributed by atoms with E-state index in [-0.39, 0.29) is 6.10 Å². The number of hydrogen-bond acceptors (Lipinski definition) is 2. The van der Waals surface area contributed by atoms with Crippen molar-refractivity contribution in [2.45, 2.75) is 58.5 Å². The van der Waals surface area contributed by atoms with E-state index in [2.05, 4.69) is 18.7 Å². The van der Waals surface area contributed by atoms with Crippen LogP contribution < -0.4 is 0 Å². The molecular formula is C18H31NO. The van der Waals surface area contributed by atoms with Crippen molar-refractivity contribution in [3.05, 3.63) is 0 Å². The smallest absolute Gasteiger partial charge is 0.0723 e. The number of nitrogens with zero attached hydrogens (tertiary/aromatic N) is 1. The molecule has 1 N–H and O–H groups in total. The van der Waals surface area contributed by atoms with Gasteiger partial charge in [0, 0.05) is 19.6 Å². The molecule has 2 nitrogen and oxygen atoms in total. The molecule has 1 heterocycles. The molecule has 0 spiro atoms. The minimum atomic E-state index is -0.0617. The summed E-state index contributed by atoms with van der Waals surface area (Å²) in [4.78, 5) is 2.54. The van der Waals surface area contributed by atoms with Crippen molar-refractivity contribution in [2.75, 3.05) is 19.6 Å². The Hall–Kier alpha value is -0.0800. The summed E-state index contributed by atoms with van der Waals surface area (Å²) >= 11 is 0. The van der Waals surface area contributed by atoms with Gasteiger partial charge in [-0.15, -0.1) is 0 Å². The van der Waals surface area contributed by atoms with Crippen LogP contribution in [0.3, 0.4) is 0 Å². The number of hydrogen-bond donors (Lipinski definition) is 1. The third-order valence-electron chi connectivity index (χ3n) is 7.29. The second kappa shape index (κ2) is 4.71. The highest BCUT2D eigenvalue weighted by Gasteiger charge is 2.54. The van der Waals surface area contributed by atoms with Crippen LogP contribution in [0.2, 0.25) is 0 Å². The molecule has 5 aliphatic rings. The summed E-state index contributed by atoms with van der Waals surface area (Å²) in [7, 11) is 0. The topological polar surface area (TPSA) is 23.5 Å². The van der Waals surface area contributed by atoms with Gasteiger partial charge in [0.15, 0.2) is 0 Å². The molecule has 1 aliphatic heterocycles. The van der Waals surface area contributed by atoms with Gasteiger partial charge in [0.1, 0.15) is 0 Å². The molecule has 0 aromatic heterocycles. The molecule has 0 aromatic rings. The number of aliphatic hydroxyl groups excluding tert-OH is 1. The second-order valence-corrected chi connectivity index (χ2v) is 8.97. The van der Waals surface area contributed by atoms with Crippen LogP contribution in [0.1, 0.15) is 52.4 Å². The zero-order chi connectivity index (χ0) is 13.9. The lowest BCUT2D eigenvalue weighted by molar-refractivity contribution is -0.125. The molecule has 0 radical (unpaired) electrons. The zero-order valence-corrected chi connectivity index (χ0v) is 13.2. The summed E-state index contributed by atoms with van der Waals surface area (Å²) < 4.78 is 0. The summed E-state index contributed by atoms with van der Waals surface area (Å²) in [5.74, 6) is 4.46. The van der Waals surface area contributed by atoms with Crippen LogP contribution in [0.15, 0.2) is 0 Å². The molecule has 20 heavy (non-hydrogen) atoms. The highest BCUT2D eigenvalue weighted by atomic mass is 16.3. The van der Waals surface area contributed by atoms with Crippen LogP contribution in [0, 0.1) is 35.0 Å². The molecule has 3 unspecified atom stereocenters. The number of aliphatic hydroxyl groups is 1. The molecule has 0 aromatic carbocycles. The lowest BCUT2D eigenvalue weighted by atomic mass is 9.48. The van der Waals surface area contributed by atoms with E-state index < -0.39 is 0 Å². The Morgan fingerprint density at radius 2 is 1.40 bits per heavy atom. The van der Waals surface area contributed by atoms with Gasteiger partial charge in [0.25, 0.3) is 0 Å². The van der Waals surface area contributed by atoms with Crippen molar-refractivity contribution in [1.82, 2.24) is 4.90 Å². The first-order chi connectivity index (χ1) is 9.54. The molecule has 0 amide bonds. The maximum absolute atomic E-state index is 11.0. The third-order valence-corrected chi connectivity index (χ3v) is 7.29. The standard InChI is InChI=1S/C18H31NO/c1-12-9-19(10-13(12)2)11-17(20)18-6-14-3-15(7-18)5-16(4-14)8-18/h12-17,20H,3-11H2,1-2H3. The zero-order valence-electron chi connectivity index (χ0n) is 13.2. The molecular weight excluding hydrogens is 246 g/mol. The molecule has 4 aliphatic carbocycles. The summed E-state index contributed by atoms with van der Waals surface area (Å²) in [6.07, 6.45) is 8.36. The molecule has 5 rings (SSSR count). The first kappa shape index (κ1) is 13.6. The largest absolute Gasteiger partial charge is 0.391 e. The molecule has 4 bridgehead atoms. The van der Waals surface area contributed by atoms with E-state index in [1.54, 1.807) is 0 Å². The lowest BCUT2D eigenvalue weighted by Crippen LogP contribution is -2.54. The average molecular weight is 277 g/mol. The maximum atomic E-state index is 11.0. The van der Waals surface area contributed by atoms with Gasteiger partial charge < -0.3 is 10.0 Å². The fourth-order valence-corrected chi connectivity index (χ4v) is 6.42. The van der Waals surface area contributed by atoms with Crippen LogP contribution in [0.4, 0.5) is 0 Å². The summed E-state index contributed by atoms with van der Waals surface area (Å²) in [6.45, 7) is 8.07. The molecule has 3 atom stereocenters. The molecule has 1 saturated heterocycles. The van der Waals surface area contributed by atoms with Crippen LogP contribution in [0.25, 0.3) is 0 Å². The van der Waals surface area contributed by atoms with Gasteiger partial charge in [-0.1, -0.05) is 13.8 Å². The van der Waals surface area contributed by atoms with E-state index in [1.165, 1.54) is 51.6 Å². The Morgan fingerprint density at radius 1 is 0.950 bits per heavy atom. The summed E-state index contributed by atoms with van der Waals surface area (Å²) in [5.41, 5.74) is 0.309. The average Bonchev–Trinajstić information content (AvgIpc) is 2.66. The Morgan fingerprint density at radius 3 is 1.85 bits per heavy atom. The normalized spacial score (nSPS) is 52.6. The van der Waals surface area contributed by atoms with Crippen molar-refractivity contribution >= 4 is 0 Å². The molecule has 4 saturated carbocycles. The Kier molecular flexibility index (Phi) is 3.20. The van der Waals surface area contributed by atoms with Gasteiger partial charge in [0.05, 0.1) is 6.10 Å². The minimum Gasteiger partial charge on any atom is -0.391 e. The monoisotopic (exact) mass is 277 g/mol. The first-order valence-corrected chi connectivity index (χ1v) is 8.94.